The van der Waals surface area contributed by atoms with E-state index >= 15 is 0 Å². The molecule has 0 unspecified atom stereocenters. The number of methoxy groups -OCH3 is 1. The van der Waals surface area contributed by atoms with Crippen molar-refractivity contribution in [2.45, 2.75) is 231 Å². The maximum Gasteiger partial charge on any atom is 0.408 e. The number of anilines is 1. The van der Waals surface area contributed by atoms with Crippen molar-refractivity contribution in [1.82, 2.24) is 10.6 Å². The summed E-state index contributed by atoms with van der Waals surface area (Å²) in [4.78, 5) is 29.3. The van der Waals surface area contributed by atoms with Crippen molar-refractivity contribution < 1.29 is 33.1 Å². The molecule has 0 radical (unpaired) electrons. The lowest BCUT2D eigenvalue weighted by Gasteiger charge is -2.37. The molecule has 5 aromatic carbocycles. The number of ether oxygens (including phenoxy) is 4. The zero-order chi connectivity index (χ0) is 67.4. The quantitative estimate of drug-likeness (QED) is 0.0706. The summed E-state index contributed by atoms with van der Waals surface area (Å²) in [5.41, 5.74) is 10.1. The Labute approximate surface area is 580 Å². The topological polar surface area (TPSA) is 101 Å². The van der Waals surface area contributed by atoms with E-state index in [1.54, 1.807) is 7.11 Å². The summed E-state index contributed by atoms with van der Waals surface area (Å²) in [5.74, 6) is 4.57. The van der Waals surface area contributed by atoms with Crippen LogP contribution in [0.2, 0.25) is 0 Å². The molecule has 7 aliphatic rings. The lowest BCUT2D eigenvalue weighted by molar-refractivity contribution is -0.441. The van der Waals surface area contributed by atoms with Crippen LogP contribution in [0.5, 0.6) is 0 Å². The molecule has 2 N–H and O–H groups in total. The highest BCUT2D eigenvalue weighted by molar-refractivity contribution is 6.32. The van der Waals surface area contributed by atoms with E-state index in [-0.39, 0.29) is 41.3 Å². The van der Waals surface area contributed by atoms with Gasteiger partial charge in [-0.25, -0.2) is 9.59 Å². The predicted octanol–water partition coefficient (Wildman–Crippen LogP) is 21.0. The highest BCUT2D eigenvalue weighted by Gasteiger charge is 2.46. The number of allylic oxidation sites excluding steroid dienone is 8. The minimum atomic E-state index is -0.771. The maximum absolute atomic E-state index is 13.6. The van der Waals surface area contributed by atoms with Crippen molar-refractivity contribution in [2.75, 3.05) is 44.9 Å². The van der Waals surface area contributed by atoms with Crippen LogP contribution in [0, 0.1) is 35.5 Å². The van der Waals surface area contributed by atoms with Gasteiger partial charge in [0.2, 0.25) is 5.69 Å². The van der Waals surface area contributed by atoms with Crippen molar-refractivity contribution in [3.63, 3.8) is 0 Å². The molecule has 5 aliphatic carbocycles. The molecular formula is C85H112ClN4O6+. The molecule has 0 aromatic heterocycles. The first-order valence-corrected chi connectivity index (χ1v) is 37.7. The Hall–Kier alpha value is -6.20. The second kappa shape index (κ2) is 30.1. The number of amides is 2. The number of halogens is 1. The zero-order valence-electron chi connectivity index (χ0n) is 59.8. The molecule has 0 spiro atoms. The summed E-state index contributed by atoms with van der Waals surface area (Å²) in [5, 5.41) is 12.2. The van der Waals surface area contributed by atoms with Gasteiger partial charge in [-0.1, -0.05) is 162 Å². The van der Waals surface area contributed by atoms with Crippen LogP contribution in [-0.2, 0) is 41.0 Å². The Bertz CT molecular complexity index is 3720. The SMILES string of the molecule is COCC[N+]1=C(C=CC2=C(Cl)C(=CC=C3N(CCOC(=O)NC4CCC(CC5CCC(CNC(=O)OC(C)(C)c6ccc(C(C)(C)OC7CCC(CC8CCC(C)CC8)CC7)cc6)CC5)CC4)c4ccc5ccccc5c4C3(C)C)CCC2)C(C)(C)c2c1ccc1ccccc21. The van der Waals surface area contributed by atoms with Crippen molar-refractivity contribution in [2.24, 2.45) is 35.5 Å². The number of fused-ring (bicyclic) bond motifs is 6. The number of carbonyl (C=O) groups is 2. The van der Waals surface area contributed by atoms with E-state index in [0.29, 0.717) is 43.6 Å². The lowest BCUT2D eigenvalue weighted by Crippen LogP contribution is -2.39. The van der Waals surface area contributed by atoms with E-state index in [4.69, 9.17) is 30.5 Å². The van der Waals surface area contributed by atoms with Gasteiger partial charge in [0.25, 0.3) is 0 Å². The molecule has 514 valence electrons. The number of nitrogens with one attached hydrogen (secondary N) is 2. The zero-order valence-corrected chi connectivity index (χ0v) is 60.5. The first-order valence-electron chi connectivity index (χ1n) is 37.3. The molecular weight excluding hydrogens is 1210 g/mol. The number of nitrogens with zero attached hydrogens (tertiary/aromatic N) is 2. The van der Waals surface area contributed by atoms with Gasteiger partial charge in [0.05, 0.1) is 23.7 Å². The van der Waals surface area contributed by atoms with Crippen LogP contribution in [0.3, 0.4) is 0 Å². The third-order valence-electron chi connectivity index (χ3n) is 23.9. The van der Waals surface area contributed by atoms with Gasteiger partial charge < -0.3 is 34.5 Å². The molecule has 11 heteroatoms. The first-order chi connectivity index (χ1) is 46.1. The Morgan fingerprint density at radius 1 is 0.625 bits per heavy atom. The molecule has 2 heterocycles. The smallest absolute Gasteiger partial charge is 0.408 e. The van der Waals surface area contributed by atoms with Gasteiger partial charge in [-0.2, -0.15) is 4.58 Å². The van der Waals surface area contributed by atoms with Crippen molar-refractivity contribution in [1.29, 1.82) is 0 Å². The highest BCUT2D eigenvalue weighted by atomic mass is 35.5. The van der Waals surface area contributed by atoms with E-state index < -0.39 is 5.60 Å². The number of hydrogen-bond donors (Lipinski definition) is 2. The van der Waals surface area contributed by atoms with Crippen LogP contribution in [0.15, 0.2) is 143 Å². The van der Waals surface area contributed by atoms with E-state index in [2.05, 4.69) is 190 Å². The van der Waals surface area contributed by atoms with E-state index in [1.165, 1.54) is 108 Å². The average molecular weight is 1320 g/mol. The summed E-state index contributed by atoms with van der Waals surface area (Å²) in [6.45, 7) is 22.9. The largest absolute Gasteiger partial charge is 0.448 e. The Morgan fingerprint density at radius 2 is 1.20 bits per heavy atom. The molecule has 5 aromatic rings. The third-order valence-corrected chi connectivity index (χ3v) is 24.4. The highest BCUT2D eigenvalue weighted by Crippen LogP contribution is 2.52. The first kappa shape index (κ1) is 69.7. The van der Waals surface area contributed by atoms with Gasteiger partial charge >= 0.3 is 12.2 Å². The standard InChI is InChI=1S/C85H111ClN4O6/c1-57-22-24-58(25-23-57)54-61-32-44-70(45-33-61)95-84(6,7)67-38-40-68(41-39-67)85(8,9)96-80(91)87-56-62-28-26-59(27-29-62)55-60-30-42-69(43-31-60)88-81(92)94-53-51-90-74-47-35-64-17-12-14-21-72(64)78(74)83(4,5)76(90)49-37-66-19-15-18-65(79(66)86)36-48-75-82(2,3)77-71-20-13-11-16-63(71)34-46-73(77)89(75)50-52-93-10/h11-14,16-17,20-21,34-41,46-49,57-62,69-70H,15,18-19,22-33,42-45,50-56H2,1-10H3,(H-,87,88,91,92)/p+1. The Kier molecular flexibility index (Phi) is 21.9. The number of benzene rings is 5. The van der Waals surface area contributed by atoms with Gasteiger partial charge in [0.15, 0.2) is 12.3 Å². The minimum Gasteiger partial charge on any atom is -0.448 e. The fourth-order valence-electron chi connectivity index (χ4n) is 18.3. The number of rotatable bonds is 21. The van der Waals surface area contributed by atoms with Crippen LogP contribution < -0.4 is 15.5 Å². The summed E-state index contributed by atoms with van der Waals surface area (Å²) in [7, 11) is 1.77. The predicted molar refractivity (Wildman–Crippen MR) is 395 cm³/mol. The molecule has 0 saturated heterocycles. The normalized spacial score (nSPS) is 26.2. The minimum absolute atomic E-state index is 0.119. The molecule has 2 amide bonds. The molecule has 12 rings (SSSR count). The van der Waals surface area contributed by atoms with E-state index in [9.17, 15) is 9.59 Å². The van der Waals surface area contributed by atoms with Gasteiger partial charge in [0.1, 0.15) is 18.8 Å². The maximum atomic E-state index is 13.6. The van der Waals surface area contributed by atoms with Crippen LogP contribution in [-0.4, -0.2) is 74.6 Å². The van der Waals surface area contributed by atoms with Crippen LogP contribution >= 0.6 is 11.6 Å². The number of alkyl carbamates (subject to hydrolysis) is 2. The third kappa shape index (κ3) is 15.8. The second-order valence-corrected chi connectivity index (χ2v) is 32.6. The summed E-state index contributed by atoms with van der Waals surface area (Å²) in [6, 6.07) is 35.0. The molecule has 0 bridgehead atoms. The van der Waals surface area contributed by atoms with Gasteiger partial charge in [-0.15, -0.1) is 0 Å². The molecule has 96 heavy (non-hydrogen) atoms. The summed E-state index contributed by atoms with van der Waals surface area (Å²) in [6.07, 6.45) is 33.6. The van der Waals surface area contributed by atoms with Crippen molar-refractivity contribution in [3.8, 4) is 0 Å². The fourth-order valence-corrected chi connectivity index (χ4v) is 18.6. The monoisotopic (exact) mass is 1320 g/mol. The van der Waals surface area contributed by atoms with E-state index in [1.807, 2.05) is 13.8 Å². The molecule has 4 saturated carbocycles. The van der Waals surface area contributed by atoms with Crippen LogP contribution in [0.25, 0.3) is 21.5 Å². The number of hydrogen-bond acceptors (Lipinski definition) is 7. The summed E-state index contributed by atoms with van der Waals surface area (Å²) >= 11 is 7.48. The van der Waals surface area contributed by atoms with Gasteiger partial charge in [0, 0.05) is 59.2 Å². The Balaban J connectivity index is 0.589. The van der Waals surface area contributed by atoms with Crippen LogP contribution in [0.1, 0.15) is 219 Å². The molecule has 4 fully saturated rings. The Morgan fingerprint density at radius 3 is 1.84 bits per heavy atom. The lowest BCUT2D eigenvalue weighted by atomic mass is 9.74. The molecule has 2 aliphatic heterocycles. The summed E-state index contributed by atoms with van der Waals surface area (Å²) < 4.78 is 27.1. The second-order valence-electron chi connectivity index (χ2n) is 32.2. The molecule has 0 atom stereocenters. The van der Waals surface area contributed by atoms with Gasteiger partial charge in [-0.3, -0.25) is 0 Å². The molecule has 10 nitrogen and oxygen atoms in total. The van der Waals surface area contributed by atoms with Crippen LogP contribution in [0.4, 0.5) is 21.0 Å². The number of carbonyl (C=O) groups excluding carboxylic acids is 2. The van der Waals surface area contributed by atoms with E-state index in [0.717, 1.165) is 134 Å². The average Bonchev–Trinajstić information content (AvgIpc) is 1.57. The van der Waals surface area contributed by atoms with Gasteiger partial charge in [-0.05, 0) is 241 Å². The van der Waals surface area contributed by atoms with Crippen molar-refractivity contribution in [3.05, 3.63) is 165 Å². The van der Waals surface area contributed by atoms with Crippen molar-refractivity contribution >= 4 is 62.4 Å². The fraction of sp³-hybridized carbons (Fsp3) is 0.565.